The average Bonchev–Trinajstić information content (AvgIpc) is 3.32. The number of alkyl halides is 2. The molecule has 0 saturated heterocycles. The minimum absolute atomic E-state index is 0.00384. The molecule has 33 heavy (non-hydrogen) atoms. The number of aliphatic hydroxyl groups is 1. The van der Waals surface area contributed by atoms with Gasteiger partial charge in [-0.2, -0.15) is 5.10 Å². The van der Waals surface area contributed by atoms with Gasteiger partial charge in [0.25, 0.3) is 5.92 Å². The van der Waals surface area contributed by atoms with E-state index in [4.69, 9.17) is 0 Å². The number of hydrogen-bond acceptors (Lipinski definition) is 3. The smallest absolute Gasteiger partial charge is 0.273 e. The lowest BCUT2D eigenvalue weighted by Crippen LogP contribution is -2.55. The molecule has 0 aliphatic heterocycles. The molecule has 0 unspecified atom stereocenters. The third kappa shape index (κ3) is 3.79. The summed E-state index contributed by atoms with van der Waals surface area (Å²) in [5.74, 6) is -0.251. The van der Waals surface area contributed by atoms with E-state index in [1.165, 1.54) is 36.3 Å². The molecule has 4 saturated carbocycles. The quantitative estimate of drug-likeness (QED) is 0.599. The fourth-order valence-corrected chi connectivity index (χ4v) is 8.91. The van der Waals surface area contributed by atoms with E-state index in [0.717, 1.165) is 45.4 Å². The summed E-state index contributed by atoms with van der Waals surface area (Å²) in [5, 5.41) is 14.7. The van der Waals surface area contributed by atoms with Gasteiger partial charge in [-0.3, -0.25) is 9.48 Å². The van der Waals surface area contributed by atoms with E-state index in [0.29, 0.717) is 29.1 Å². The van der Waals surface area contributed by atoms with Gasteiger partial charge in [0.1, 0.15) is 0 Å². The van der Waals surface area contributed by atoms with Gasteiger partial charge in [0.15, 0.2) is 5.78 Å². The Balaban J connectivity index is 1.31. The van der Waals surface area contributed by atoms with Gasteiger partial charge in [0.05, 0.1) is 23.9 Å². The molecule has 1 N–H and O–H groups in total. The first kappa shape index (κ1) is 23.4. The van der Waals surface area contributed by atoms with Gasteiger partial charge in [-0.15, -0.1) is 0 Å². The number of carbonyl (C=O) groups excluding carboxylic acids is 1. The van der Waals surface area contributed by atoms with Crippen LogP contribution in [0.2, 0.25) is 0 Å². The van der Waals surface area contributed by atoms with Crippen LogP contribution in [0.3, 0.4) is 0 Å². The number of rotatable bonds is 4. The van der Waals surface area contributed by atoms with Crippen LogP contribution in [-0.4, -0.2) is 26.3 Å². The van der Waals surface area contributed by atoms with Gasteiger partial charge in [0, 0.05) is 19.0 Å². The topological polar surface area (TPSA) is 55.1 Å². The van der Waals surface area contributed by atoms with Crippen molar-refractivity contribution in [3.8, 4) is 0 Å². The fourth-order valence-electron chi connectivity index (χ4n) is 8.91. The van der Waals surface area contributed by atoms with Gasteiger partial charge in [0.2, 0.25) is 0 Å². The molecule has 1 heterocycles. The lowest BCUT2D eigenvalue weighted by atomic mass is 9.44. The van der Waals surface area contributed by atoms with E-state index in [9.17, 15) is 18.7 Å². The van der Waals surface area contributed by atoms with Crippen LogP contribution in [0.15, 0.2) is 12.4 Å². The van der Waals surface area contributed by atoms with Crippen molar-refractivity contribution in [3.05, 3.63) is 18.0 Å². The van der Waals surface area contributed by atoms with Crippen LogP contribution in [0.1, 0.15) is 91.0 Å². The van der Waals surface area contributed by atoms with Crippen molar-refractivity contribution >= 4 is 5.78 Å². The minimum atomic E-state index is -2.94. The molecule has 0 aromatic carbocycles. The number of carbonyl (C=O) groups is 1. The van der Waals surface area contributed by atoms with Crippen molar-refractivity contribution in [1.82, 2.24) is 9.78 Å². The molecule has 4 aliphatic rings. The second kappa shape index (κ2) is 7.60. The van der Waals surface area contributed by atoms with Gasteiger partial charge < -0.3 is 5.11 Å². The predicted octanol–water partition coefficient (Wildman–Crippen LogP) is 5.97. The second-order valence-corrected chi connectivity index (χ2v) is 12.8. The van der Waals surface area contributed by atoms with Crippen molar-refractivity contribution in [3.63, 3.8) is 0 Å². The molecule has 4 aliphatic carbocycles. The molecular formula is C27H40F2N2O2. The first-order valence-corrected chi connectivity index (χ1v) is 13.0. The Kier molecular flexibility index (Phi) is 5.40. The van der Waals surface area contributed by atoms with E-state index in [2.05, 4.69) is 18.9 Å². The number of halogens is 2. The van der Waals surface area contributed by atoms with Crippen molar-refractivity contribution in [2.75, 3.05) is 0 Å². The first-order valence-electron chi connectivity index (χ1n) is 13.0. The van der Waals surface area contributed by atoms with Gasteiger partial charge in [-0.05, 0) is 99.2 Å². The molecule has 0 radical (unpaired) electrons. The molecule has 0 spiro atoms. The average molecular weight is 463 g/mol. The van der Waals surface area contributed by atoms with Gasteiger partial charge in [-0.25, -0.2) is 8.78 Å². The van der Waals surface area contributed by atoms with Crippen molar-refractivity contribution < 1.29 is 18.7 Å². The lowest BCUT2D eigenvalue weighted by molar-refractivity contribution is -0.151. The Morgan fingerprint density at radius 3 is 2.52 bits per heavy atom. The molecule has 1 aromatic rings. The highest BCUT2D eigenvalue weighted by Gasteiger charge is 2.61. The molecule has 5 rings (SSSR count). The Hall–Kier alpha value is -1.30. The summed E-state index contributed by atoms with van der Waals surface area (Å²) in [4.78, 5) is 13.4. The summed E-state index contributed by atoms with van der Waals surface area (Å²) >= 11 is 0. The van der Waals surface area contributed by atoms with Crippen LogP contribution in [0.4, 0.5) is 8.78 Å². The zero-order chi connectivity index (χ0) is 23.8. The standard InChI is InChI=1S/C27H40F2N2O2/c1-24(33)11-12-25(2)17(13-24)5-6-19-20-7-8-22(26(20,3)10-9-21(19)25)23(32)16-31-15-18(14-30-31)27(4,28)29/h14-15,17,19-22,33H,5-13,16H2,1-4H3/t17-,19-,20-,21-,22+,24+,25-,26-/m0/s1. The van der Waals surface area contributed by atoms with Crippen LogP contribution in [0.25, 0.3) is 0 Å². The van der Waals surface area contributed by atoms with Crippen molar-refractivity contribution in [2.24, 2.45) is 40.4 Å². The molecular weight excluding hydrogens is 422 g/mol. The maximum absolute atomic E-state index is 13.6. The molecule has 4 nitrogen and oxygen atoms in total. The number of fused-ring (bicyclic) bond motifs is 5. The maximum atomic E-state index is 13.6. The van der Waals surface area contributed by atoms with Gasteiger partial charge in [-0.1, -0.05) is 13.8 Å². The summed E-state index contributed by atoms with van der Waals surface area (Å²) in [6.45, 7) is 7.78. The molecule has 4 fully saturated rings. The Bertz CT molecular complexity index is 921. The summed E-state index contributed by atoms with van der Waals surface area (Å²) in [6.07, 6.45) is 12.1. The normalized spacial score (nSPS) is 45.2. The monoisotopic (exact) mass is 462 g/mol. The molecule has 0 amide bonds. The maximum Gasteiger partial charge on any atom is 0.273 e. The highest BCUT2D eigenvalue weighted by Crippen LogP contribution is 2.68. The molecule has 0 bridgehead atoms. The van der Waals surface area contributed by atoms with Crippen LogP contribution in [0, 0.1) is 40.4 Å². The zero-order valence-electron chi connectivity index (χ0n) is 20.6. The largest absolute Gasteiger partial charge is 0.390 e. The predicted molar refractivity (Wildman–Crippen MR) is 123 cm³/mol. The number of hydrogen-bond donors (Lipinski definition) is 1. The first-order chi connectivity index (χ1) is 15.3. The van der Waals surface area contributed by atoms with Crippen molar-refractivity contribution in [2.45, 2.75) is 104 Å². The number of ketones is 1. The number of Topliss-reactive ketones (excluding diaryl/α,β-unsaturated/α-hetero) is 1. The van der Waals surface area contributed by atoms with Crippen LogP contribution in [-0.2, 0) is 17.3 Å². The van der Waals surface area contributed by atoms with Crippen LogP contribution in [0.5, 0.6) is 0 Å². The third-order valence-electron chi connectivity index (χ3n) is 10.8. The summed E-state index contributed by atoms with van der Waals surface area (Å²) in [5.41, 5.74) is -0.334. The molecule has 8 atom stereocenters. The zero-order valence-corrected chi connectivity index (χ0v) is 20.6. The van der Waals surface area contributed by atoms with Crippen LogP contribution >= 0.6 is 0 Å². The lowest BCUT2D eigenvalue weighted by Gasteiger charge is -2.61. The number of aromatic nitrogens is 2. The third-order valence-corrected chi connectivity index (χ3v) is 10.8. The van der Waals surface area contributed by atoms with Crippen molar-refractivity contribution in [1.29, 1.82) is 0 Å². The molecule has 6 heteroatoms. The SMILES string of the molecule is CC(F)(F)c1cnn(CC(=O)[C@H]2CC[C@H]3[C@@H]4CC[C@H]5C[C@](C)(O)CC[C@]5(C)[C@H]4CC[C@]23C)c1. The Morgan fingerprint density at radius 1 is 1.09 bits per heavy atom. The second-order valence-electron chi connectivity index (χ2n) is 12.8. The molecule has 184 valence electrons. The van der Waals surface area contributed by atoms with Gasteiger partial charge >= 0.3 is 0 Å². The Morgan fingerprint density at radius 2 is 1.82 bits per heavy atom. The highest BCUT2D eigenvalue weighted by atomic mass is 19.3. The van der Waals surface area contributed by atoms with E-state index in [-0.39, 0.29) is 29.2 Å². The van der Waals surface area contributed by atoms with E-state index in [1.807, 2.05) is 6.92 Å². The Labute approximate surface area is 196 Å². The minimum Gasteiger partial charge on any atom is -0.390 e. The molecule has 1 aromatic heterocycles. The van der Waals surface area contributed by atoms with E-state index in [1.54, 1.807) is 0 Å². The van der Waals surface area contributed by atoms with E-state index >= 15 is 0 Å². The summed E-state index contributed by atoms with van der Waals surface area (Å²) in [7, 11) is 0. The highest BCUT2D eigenvalue weighted by molar-refractivity contribution is 5.82. The van der Waals surface area contributed by atoms with E-state index < -0.39 is 11.5 Å². The van der Waals surface area contributed by atoms with Crippen LogP contribution < -0.4 is 0 Å². The number of nitrogens with zero attached hydrogens (tertiary/aromatic N) is 2. The summed E-state index contributed by atoms with van der Waals surface area (Å²) < 4.78 is 28.6. The summed E-state index contributed by atoms with van der Waals surface area (Å²) in [6, 6.07) is 0. The fraction of sp³-hybridized carbons (Fsp3) is 0.852.